The summed E-state index contributed by atoms with van der Waals surface area (Å²) >= 11 is 0. The summed E-state index contributed by atoms with van der Waals surface area (Å²) in [5.74, 6) is -0.966. The number of Topliss-reactive ketones (excluding diaryl/α,β-unsaturated/α-hetero) is 1. The zero-order chi connectivity index (χ0) is 23.4. The molecule has 4 rings (SSSR count). The molecule has 7 heteroatoms. The van der Waals surface area contributed by atoms with Crippen molar-refractivity contribution in [2.24, 2.45) is 0 Å². The molecule has 0 bridgehead atoms. The number of ketones is 1. The summed E-state index contributed by atoms with van der Waals surface area (Å²) in [6.07, 6.45) is 2.94. The Kier molecular flexibility index (Phi) is 6.99. The number of carbonyl (C=O) groups is 2. The van der Waals surface area contributed by atoms with E-state index in [-0.39, 0.29) is 35.9 Å². The molecule has 1 aliphatic heterocycles. The number of amides is 1. The van der Waals surface area contributed by atoms with Gasteiger partial charge in [0, 0.05) is 11.6 Å². The summed E-state index contributed by atoms with van der Waals surface area (Å²) < 4.78 is 20.7. The lowest BCUT2D eigenvalue weighted by Crippen LogP contribution is -2.44. The van der Waals surface area contributed by atoms with E-state index < -0.39 is 6.04 Å². The predicted molar refractivity (Wildman–Crippen MR) is 123 cm³/mol. The van der Waals surface area contributed by atoms with Crippen molar-refractivity contribution in [3.8, 4) is 11.1 Å². The van der Waals surface area contributed by atoms with Crippen LogP contribution in [0.1, 0.15) is 55.5 Å². The summed E-state index contributed by atoms with van der Waals surface area (Å²) in [7, 11) is 0. The third-order valence-corrected chi connectivity index (χ3v) is 6.03. The van der Waals surface area contributed by atoms with Gasteiger partial charge in [-0.05, 0) is 42.0 Å². The number of rotatable bonds is 8. The van der Waals surface area contributed by atoms with Crippen LogP contribution in [-0.4, -0.2) is 29.4 Å². The summed E-state index contributed by atoms with van der Waals surface area (Å²) in [5.41, 5.74) is 2.44. The van der Waals surface area contributed by atoms with Crippen molar-refractivity contribution in [3.63, 3.8) is 0 Å². The van der Waals surface area contributed by atoms with Gasteiger partial charge in [0.2, 0.25) is 5.91 Å². The highest BCUT2D eigenvalue weighted by Gasteiger charge is 2.32. The van der Waals surface area contributed by atoms with Crippen LogP contribution in [0.4, 0.5) is 4.39 Å². The van der Waals surface area contributed by atoms with Crippen LogP contribution in [0.2, 0.25) is 0 Å². The van der Waals surface area contributed by atoms with Gasteiger partial charge in [0.1, 0.15) is 18.1 Å². The second kappa shape index (κ2) is 10.1. The number of nitrogens with one attached hydrogen (secondary N) is 2. The number of aromatic nitrogens is 1. The molecule has 1 aromatic heterocycles. The highest BCUT2D eigenvalue weighted by Crippen LogP contribution is 2.36. The maximum absolute atomic E-state index is 15.8. The highest BCUT2D eigenvalue weighted by atomic mass is 19.1. The minimum absolute atomic E-state index is 0.0388. The average molecular weight is 450 g/mol. The predicted octanol–water partition coefficient (Wildman–Crippen LogP) is 4.33. The van der Waals surface area contributed by atoms with Gasteiger partial charge in [-0.15, -0.1) is 0 Å². The summed E-state index contributed by atoms with van der Waals surface area (Å²) in [5, 5.41) is 9.88. The molecule has 6 nitrogen and oxygen atoms in total. The summed E-state index contributed by atoms with van der Waals surface area (Å²) in [6, 6.07) is 12.8. The first kappa shape index (κ1) is 22.9. The molecule has 2 unspecified atom stereocenters. The molecule has 2 aromatic carbocycles. The van der Waals surface area contributed by atoms with Gasteiger partial charge in [0.25, 0.3) is 0 Å². The van der Waals surface area contributed by atoms with E-state index in [1.807, 2.05) is 44.2 Å². The van der Waals surface area contributed by atoms with Gasteiger partial charge in [-0.1, -0.05) is 61.5 Å². The maximum atomic E-state index is 15.8. The topological polar surface area (TPSA) is 84.2 Å². The first-order valence-electron chi connectivity index (χ1n) is 11.3. The zero-order valence-corrected chi connectivity index (χ0v) is 18.8. The van der Waals surface area contributed by atoms with Crippen LogP contribution in [0.25, 0.3) is 11.1 Å². The fraction of sp³-hybridized carbons (Fsp3) is 0.346. The molecule has 172 valence electrons. The molecule has 1 saturated heterocycles. The van der Waals surface area contributed by atoms with Crippen LogP contribution in [-0.2, 0) is 16.0 Å². The minimum Gasteiger partial charge on any atom is -0.364 e. The molecule has 0 aliphatic carbocycles. The number of nitrogens with zero attached hydrogens (tertiary/aromatic N) is 1. The Morgan fingerprint density at radius 2 is 1.91 bits per heavy atom. The molecule has 33 heavy (non-hydrogen) atoms. The normalized spacial score (nSPS) is 16.7. The van der Waals surface area contributed by atoms with Crippen molar-refractivity contribution in [1.29, 1.82) is 0 Å². The summed E-state index contributed by atoms with van der Waals surface area (Å²) in [6.45, 7) is 4.60. The SMILES string of the molecule is CC(C)c1ccc(C(NC(=O)C2CCCN2)C(=O)Cc2ccon2)c(-c2ccccc2)c1F. The maximum Gasteiger partial charge on any atom is 0.237 e. The zero-order valence-electron chi connectivity index (χ0n) is 18.8. The van der Waals surface area contributed by atoms with E-state index in [0.29, 0.717) is 34.4 Å². The Morgan fingerprint density at radius 3 is 2.55 bits per heavy atom. The number of halogens is 1. The van der Waals surface area contributed by atoms with E-state index in [1.54, 1.807) is 18.2 Å². The van der Waals surface area contributed by atoms with Crippen molar-refractivity contribution < 1.29 is 18.5 Å². The van der Waals surface area contributed by atoms with E-state index in [0.717, 1.165) is 13.0 Å². The average Bonchev–Trinajstić information content (AvgIpc) is 3.52. The van der Waals surface area contributed by atoms with Crippen molar-refractivity contribution in [2.75, 3.05) is 6.54 Å². The van der Waals surface area contributed by atoms with Crippen LogP contribution in [0.3, 0.4) is 0 Å². The standard InChI is InChI=1S/C26H28FN3O3/c1-16(2)19-10-11-20(23(24(19)27)17-7-4-3-5-8-17)25(22(31)15-18-12-14-33-30-18)29-26(32)21-9-6-13-28-21/h3-5,7-8,10-12,14,16,21,25,28H,6,9,13,15H2,1-2H3,(H,29,32). The molecule has 2 heterocycles. The Balaban J connectivity index is 1.80. The fourth-order valence-corrected chi connectivity index (χ4v) is 4.28. The molecule has 0 spiro atoms. The van der Waals surface area contributed by atoms with E-state index in [4.69, 9.17) is 4.52 Å². The van der Waals surface area contributed by atoms with Gasteiger partial charge in [0.15, 0.2) is 5.78 Å². The van der Waals surface area contributed by atoms with Crippen LogP contribution < -0.4 is 10.6 Å². The molecule has 2 N–H and O–H groups in total. The number of benzene rings is 2. The van der Waals surface area contributed by atoms with Crippen molar-refractivity contribution in [3.05, 3.63) is 77.4 Å². The largest absolute Gasteiger partial charge is 0.364 e. The Morgan fingerprint density at radius 1 is 1.15 bits per heavy atom. The van der Waals surface area contributed by atoms with Crippen molar-refractivity contribution in [2.45, 2.75) is 51.1 Å². The number of carbonyl (C=O) groups excluding carboxylic acids is 2. The van der Waals surface area contributed by atoms with Gasteiger partial charge in [-0.3, -0.25) is 9.59 Å². The van der Waals surface area contributed by atoms with Crippen LogP contribution in [0, 0.1) is 5.82 Å². The smallest absolute Gasteiger partial charge is 0.237 e. The first-order valence-corrected chi connectivity index (χ1v) is 11.3. The van der Waals surface area contributed by atoms with Crippen LogP contribution in [0.15, 0.2) is 59.3 Å². The summed E-state index contributed by atoms with van der Waals surface area (Å²) in [4.78, 5) is 26.4. The monoisotopic (exact) mass is 449 g/mol. The van der Waals surface area contributed by atoms with E-state index >= 15 is 4.39 Å². The second-order valence-corrected chi connectivity index (χ2v) is 8.68. The quantitative estimate of drug-likeness (QED) is 0.535. The van der Waals surface area contributed by atoms with Gasteiger partial charge < -0.3 is 15.2 Å². The van der Waals surface area contributed by atoms with Crippen LogP contribution >= 0.6 is 0 Å². The first-order chi connectivity index (χ1) is 16.0. The van der Waals surface area contributed by atoms with Crippen molar-refractivity contribution >= 4 is 11.7 Å². The fourth-order valence-electron chi connectivity index (χ4n) is 4.28. The third kappa shape index (κ3) is 5.03. The van der Waals surface area contributed by atoms with E-state index in [9.17, 15) is 9.59 Å². The molecule has 1 aliphatic rings. The molecule has 0 radical (unpaired) electrons. The Bertz CT molecular complexity index is 1110. The van der Waals surface area contributed by atoms with E-state index in [1.165, 1.54) is 6.26 Å². The molecule has 1 fully saturated rings. The molecule has 3 aromatic rings. The lowest BCUT2D eigenvalue weighted by atomic mass is 9.87. The Hall–Kier alpha value is -3.32. The molecule has 2 atom stereocenters. The lowest BCUT2D eigenvalue weighted by molar-refractivity contribution is -0.128. The molecule has 1 amide bonds. The van der Waals surface area contributed by atoms with Crippen molar-refractivity contribution in [1.82, 2.24) is 15.8 Å². The molecular weight excluding hydrogens is 421 g/mol. The second-order valence-electron chi connectivity index (χ2n) is 8.68. The lowest BCUT2D eigenvalue weighted by Gasteiger charge is -2.24. The van der Waals surface area contributed by atoms with Gasteiger partial charge >= 0.3 is 0 Å². The number of hydrogen-bond donors (Lipinski definition) is 2. The Labute approximate surface area is 192 Å². The van der Waals surface area contributed by atoms with Gasteiger partial charge in [0.05, 0.1) is 18.2 Å². The molecule has 0 saturated carbocycles. The van der Waals surface area contributed by atoms with E-state index in [2.05, 4.69) is 15.8 Å². The number of hydrogen-bond acceptors (Lipinski definition) is 5. The van der Waals surface area contributed by atoms with Gasteiger partial charge in [-0.2, -0.15) is 0 Å². The van der Waals surface area contributed by atoms with Gasteiger partial charge in [-0.25, -0.2) is 4.39 Å². The third-order valence-electron chi connectivity index (χ3n) is 6.03. The molecular formula is C26H28FN3O3. The minimum atomic E-state index is -1.03. The van der Waals surface area contributed by atoms with Crippen LogP contribution in [0.5, 0.6) is 0 Å². The highest BCUT2D eigenvalue weighted by molar-refractivity contribution is 5.94.